The van der Waals surface area contributed by atoms with Crippen LogP contribution < -0.4 is 5.73 Å². The second kappa shape index (κ2) is 5.48. The lowest BCUT2D eigenvalue weighted by Gasteiger charge is -2.34. The Bertz CT molecular complexity index is 325. The van der Waals surface area contributed by atoms with Gasteiger partial charge in [-0.2, -0.15) is 0 Å². The minimum atomic E-state index is 0.476. The Labute approximate surface area is 96.4 Å². The SMILES string of the molecule is CCC1COCCN1Cc1ccoc1CN. The quantitative estimate of drug-likeness (QED) is 0.838. The van der Waals surface area contributed by atoms with Crippen LogP contribution in [0.25, 0.3) is 0 Å². The smallest absolute Gasteiger partial charge is 0.121 e. The van der Waals surface area contributed by atoms with Gasteiger partial charge in [0.15, 0.2) is 0 Å². The minimum absolute atomic E-state index is 0.476. The highest BCUT2D eigenvalue weighted by atomic mass is 16.5. The molecule has 4 heteroatoms. The van der Waals surface area contributed by atoms with E-state index < -0.39 is 0 Å². The Morgan fingerprint density at radius 2 is 2.44 bits per heavy atom. The summed E-state index contributed by atoms with van der Waals surface area (Å²) in [5.74, 6) is 0.904. The van der Waals surface area contributed by atoms with Crippen molar-refractivity contribution < 1.29 is 9.15 Å². The molecule has 1 aromatic rings. The number of hydrogen-bond donors (Lipinski definition) is 1. The first-order valence-corrected chi connectivity index (χ1v) is 5.92. The lowest BCUT2D eigenvalue weighted by atomic mass is 10.1. The molecule has 0 radical (unpaired) electrons. The fraction of sp³-hybridized carbons (Fsp3) is 0.667. The lowest BCUT2D eigenvalue weighted by molar-refractivity contribution is -0.0129. The van der Waals surface area contributed by atoms with Crippen LogP contribution in [-0.4, -0.2) is 30.7 Å². The van der Waals surface area contributed by atoms with Crippen LogP contribution in [0.4, 0.5) is 0 Å². The summed E-state index contributed by atoms with van der Waals surface area (Å²) in [6.07, 6.45) is 2.84. The summed E-state index contributed by atoms with van der Waals surface area (Å²) in [5, 5.41) is 0. The summed E-state index contributed by atoms with van der Waals surface area (Å²) in [4.78, 5) is 2.45. The van der Waals surface area contributed by atoms with Crippen molar-refractivity contribution >= 4 is 0 Å². The van der Waals surface area contributed by atoms with E-state index in [2.05, 4.69) is 11.8 Å². The van der Waals surface area contributed by atoms with Crippen molar-refractivity contribution in [3.05, 3.63) is 23.7 Å². The molecule has 1 fully saturated rings. The Hall–Kier alpha value is -0.840. The number of ether oxygens (including phenoxy) is 1. The number of hydrogen-bond acceptors (Lipinski definition) is 4. The van der Waals surface area contributed by atoms with Crippen molar-refractivity contribution in [2.24, 2.45) is 5.73 Å². The van der Waals surface area contributed by atoms with E-state index in [4.69, 9.17) is 14.9 Å². The molecule has 1 aliphatic rings. The summed E-state index contributed by atoms with van der Waals surface area (Å²) < 4.78 is 10.8. The highest BCUT2D eigenvalue weighted by Crippen LogP contribution is 2.17. The summed E-state index contributed by atoms with van der Waals surface area (Å²) in [5.41, 5.74) is 6.84. The third kappa shape index (κ3) is 2.45. The fourth-order valence-corrected chi connectivity index (χ4v) is 2.18. The summed E-state index contributed by atoms with van der Waals surface area (Å²) in [6, 6.07) is 2.54. The van der Waals surface area contributed by atoms with E-state index in [0.717, 1.165) is 38.5 Å². The van der Waals surface area contributed by atoms with Gasteiger partial charge in [0, 0.05) is 24.7 Å². The molecule has 0 amide bonds. The first kappa shape index (κ1) is 11.6. The van der Waals surface area contributed by atoms with Gasteiger partial charge in [0.05, 0.1) is 26.0 Å². The molecule has 1 unspecified atom stereocenters. The minimum Gasteiger partial charge on any atom is -0.468 e. The molecule has 2 heterocycles. The van der Waals surface area contributed by atoms with Crippen LogP contribution in [0, 0.1) is 0 Å². The van der Waals surface area contributed by atoms with Gasteiger partial charge in [0.1, 0.15) is 5.76 Å². The highest BCUT2D eigenvalue weighted by molar-refractivity contribution is 5.16. The van der Waals surface area contributed by atoms with Gasteiger partial charge in [0.2, 0.25) is 0 Å². The topological polar surface area (TPSA) is 51.6 Å². The van der Waals surface area contributed by atoms with E-state index in [9.17, 15) is 0 Å². The summed E-state index contributed by atoms with van der Waals surface area (Å²) in [7, 11) is 0. The van der Waals surface area contributed by atoms with E-state index in [1.54, 1.807) is 6.26 Å². The van der Waals surface area contributed by atoms with Gasteiger partial charge in [-0.1, -0.05) is 6.92 Å². The van der Waals surface area contributed by atoms with Gasteiger partial charge >= 0.3 is 0 Å². The predicted octanol–water partition coefficient (Wildman–Crippen LogP) is 1.35. The first-order chi connectivity index (χ1) is 7.85. The number of furan rings is 1. The maximum Gasteiger partial charge on any atom is 0.121 e. The Morgan fingerprint density at radius 3 is 3.19 bits per heavy atom. The van der Waals surface area contributed by atoms with Crippen molar-refractivity contribution in [3.8, 4) is 0 Å². The maximum absolute atomic E-state index is 5.63. The third-order valence-electron chi connectivity index (χ3n) is 3.22. The Morgan fingerprint density at radius 1 is 1.56 bits per heavy atom. The van der Waals surface area contributed by atoms with E-state index in [0.29, 0.717) is 12.6 Å². The number of nitrogens with zero attached hydrogens (tertiary/aromatic N) is 1. The van der Waals surface area contributed by atoms with Crippen LogP contribution in [0.2, 0.25) is 0 Å². The van der Waals surface area contributed by atoms with Gasteiger partial charge in [-0.05, 0) is 12.5 Å². The molecule has 0 bridgehead atoms. The number of rotatable bonds is 4. The molecule has 1 saturated heterocycles. The van der Waals surface area contributed by atoms with Crippen molar-refractivity contribution in [2.45, 2.75) is 32.5 Å². The van der Waals surface area contributed by atoms with Gasteiger partial charge < -0.3 is 14.9 Å². The van der Waals surface area contributed by atoms with Crippen LogP contribution in [0.3, 0.4) is 0 Å². The zero-order valence-corrected chi connectivity index (χ0v) is 9.82. The molecule has 0 aliphatic carbocycles. The largest absolute Gasteiger partial charge is 0.468 e. The van der Waals surface area contributed by atoms with E-state index in [1.165, 1.54) is 5.56 Å². The number of morpholine rings is 1. The van der Waals surface area contributed by atoms with Crippen molar-refractivity contribution in [1.82, 2.24) is 4.90 Å². The molecule has 1 atom stereocenters. The zero-order valence-electron chi connectivity index (χ0n) is 9.82. The molecule has 1 aliphatic heterocycles. The summed E-state index contributed by atoms with van der Waals surface area (Å²) >= 11 is 0. The van der Waals surface area contributed by atoms with Crippen LogP contribution in [0.5, 0.6) is 0 Å². The highest BCUT2D eigenvalue weighted by Gasteiger charge is 2.22. The molecule has 0 saturated carbocycles. The molecule has 90 valence electrons. The second-order valence-corrected chi connectivity index (χ2v) is 4.18. The second-order valence-electron chi connectivity index (χ2n) is 4.18. The first-order valence-electron chi connectivity index (χ1n) is 5.92. The molecule has 0 spiro atoms. The van der Waals surface area contributed by atoms with Crippen LogP contribution >= 0.6 is 0 Å². The predicted molar refractivity (Wildman–Crippen MR) is 61.9 cm³/mol. The normalized spacial score (nSPS) is 22.5. The molecule has 2 rings (SSSR count). The standard InChI is InChI=1S/C12H20N2O2/c1-2-11-9-15-6-4-14(11)8-10-3-5-16-12(10)7-13/h3,5,11H,2,4,6-9,13H2,1H3. The van der Waals surface area contributed by atoms with Gasteiger partial charge in [-0.25, -0.2) is 0 Å². The molecule has 4 nitrogen and oxygen atoms in total. The maximum atomic E-state index is 5.63. The van der Waals surface area contributed by atoms with Crippen molar-refractivity contribution in [2.75, 3.05) is 19.8 Å². The molecular formula is C12H20N2O2. The number of nitrogens with two attached hydrogens (primary N) is 1. The van der Waals surface area contributed by atoms with Crippen molar-refractivity contribution in [3.63, 3.8) is 0 Å². The van der Waals surface area contributed by atoms with Crippen LogP contribution in [-0.2, 0) is 17.8 Å². The van der Waals surface area contributed by atoms with E-state index in [1.807, 2.05) is 6.07 Å². The van der Waals surface area contributed by atoms with Crippen LogP contribution in [0.15, 0.2) is 16.7 Å². The fourth-order valence-electron chi connectivity index (χ4n) is 2.18. The van der Waals surface area contributed by atoms with Gasteiger partial charge in [-0.15, -0.1) is 0 Å². The summed E-state index contributed by atoms with van der Waals surface area (Å²) in [6.45, 7) is 6.26. The van der Waals surface area contributed by atoms with Gasteiger partial charge in [0.25, 0.3) is 0 Å². The molecule has 0 aromatic carbocycles. The molecule has 16 heavy (non-hydrogen) atoms. The van der Waals surface area contributed by atoms with Crippen molar-refractivity contribution in [1.29, 1.82) is 0 Å². The monoisotopic (exact) mass is 224 g/mol. The van der Waals surface area contributed by atoms with E-state index >= 15 is 0 Å². The Balaban J connectivity index is 2.02. The molecule has 1 aromatic heterocycles. The third-order valence-corrected chi connectivity index (χ3v) is 3.22. The lowest BCUT2D eigenvalue weighted by Crippen LogP contribution is -2.44. The van der Waals surface area contributed by atoms with E-state index in [-0.39, 0.29) is 0 Å². The average molecular weight is 224 g/mol. The van der Waals surface area contributed by atoms with Gasteiger partial charge in [-0.3, -0.25) is 4.90 Å². The molecular weight excluding hydrogens is 204 g/mol. The van der Waals surface area contributed by atoms with Crippen LogP contribution in [0.1, 0.15) is 24.7 Å². The molecule has 2 N–H and O–H groups in total. The zero-order chi connectivity index (χ0) is 11.4. The Kier molecular flexibility index (Phi) is 3.98. The average Bonchev–Trinajstić information content (AvgIpc) is 2.77.